The summed E-state index contributed by atoms with van der Waals surface area (Å²) in [6, 6.07) is 4.32. The SMILES string of the molecule is Cn1ccc(CC(CN)(C(=O)O)c2cc(F)cc(F)c2)n1. The predicted molar refractivity (Wildman–Crippen MR) is 71.6 cm³/mol. The lowest BCUT2D eigenvalue weighted by atomic mass is 9.76. The fourth-order valence-electron chi connectivity index (χ4n) is 2.28. The molecule has 0 saturated heterocycles. The number of carbonyl (C=O) groups is 1. The van der Waals surface area contributed by atoms with Crippen molar-refractivity contribution >= 4 is 5.97 Å². The lowest BCUT2D eigenvalue weighted by molar-refractivity contribution is -0.143. The maximum atomic E-state index is 13.4. The van der Waals surface area contributed by atoms with Gasteiger partial charge in [-0.15, -0.1) is 0 Å². The predicted octanol–water partition coefficient (Wildman–Crippen LogP) is 1.22. The van der Waals surface area contributed by atoms with Gasteiger partial charge in [-0.1, -0.05) is 0 Å². The number of carboxylic acids is 1. The fourth-order valence-corrected chi connectivity index (χ4v) is 2.28. The van der Waals surface area contributed by atoms with E-state index < -0.39 is 23.0 Å². The molecule has 1 atom stereocenters. The Kier molecular flexibility index (Phi) is 4.04. The van der Waals surface area contributed by atoms with E-state index in [0.29, 0.717) is 11.8 Å². The zero-order valence-electron chi connectivity index (χ0n) is 11.4. The molecule has 21 heavy (non-hydrogen) atoms. The summed E-state index contributed by atoms with van der Waals surface area (Å²) in [5, 5.41) is 13.7. The second kappa shape index (κ2) is 5.61. The number of halogens is 2. The van der Waals surface area contributed by atoms with Crippen molar-refractivity contribution in [2.45, 2.75) is 11.8 Å². The van der Waals surface area contributed by atoms with Crippen LogP contribution in [0.1, 0.15) is 11.3 Å². The van der Waals surface area contributed by atoms with Gasteiger partial charge >= 0.3 is 5.97 Å². The highest BCUT2D eigenvalue weighted by Gasteiger charge is 2.40. The van der Waals surface area contributed by atoms with Crippen molar-refractivity contribution in [2.24, 2.45) is 12.8 Å². The first-order valence-electron chi connectivity index (χ1n) is 6.26. The molecule has 0 spiro atoms. The highest BCUT2D eigenvalue weighted by atomic mass is 19.1. The van der Waals surface area contributed by atoms with E-state index >= 15 is 0 Å². The standard InChI is InChI=1S/C14H15F2N3O2/c1-19-3-2-12(18-19)7-14(8-17,13(20)21)9-4-10(15)6-11(16)5-9/h2-6H,7-8,17H2,1H3,(H,20,21). The van der Waals surface area contributed by atoms with Crippen LogP contribution in [0.5, 0.6) is 0 Å². The number of aliphatic carboxylic acids is 1. The Labute approximate surface area is 120 Å². The summed E-state index contributed by atoms with van der Waals surface area (Å²) in [6.45, 7) is -0.304. The van der Waals surface area contributed by atoms with Gasteiger partial charge in [-0.3, -0.25) is 9.48 Å². The molecule has 0 amide bonds. The molecule has 1 aromatic carbocycles. The molecule has 1 unspecified atom stereocenters. The van der Waals surface area contributed by atoms with Crippen LogP contribution >= 0.6 is 0 Å². The second-order valence-electron chi connectivity index (χ2n) is 4.91. The van der Waals surface area contributed by atoms with E-state index in [4.69, 9.17) is 5.73 Å². The molecule has 2 rings (SSSR count). The normalized spacial score (nSPS) is 13.9. The Bertz CT molecular complexity index is 652. The molecule has 0 bridgehead atoms. The van der Waals surface area contributed by atoms with Crippen molar-refractivity contribution in [3.63, 3.8) is 0 Å². The van der Waals surface area contributed by atoms with E-state index in [-0.39, 0.29) is 18.5 Å². The topological polar surface area (TPSA) is 81.1 Å². The Balaban J connectivity index is 2.52. The van der Waals surface area contributed by atoms with Gasteiger partial charge in [0.15, 0.2) is 0 Å². The van der Waals surface area contributed by atoms with Crippen LogP contribution in [0.25, 0.3) is 0 Å². The van der Waals surface area contributed by atoms with Gasteiger partial charge in [0.1, 0.15) is 17.0 Å². The van der Waals surface area contributed by atoms with Gasteiger partial charge in [-0.25, -0.2) is 8.78 Å². The minimum atomic E-state index is -1.63. The monoisotopic (exact) mass is 295 g/mol. The van der Waals surface area contributed by atoms with Crippen LogP contribution in [0.4, 0.5) is 8.78 Å². The highest BCUT2D eigenvalue weighted by Crippen LogP contribution is 2.29. The van der Waals surface area contributed by atoms with Crippen LogP contribution in [-0.2, 0) is 23.7 Å². The van der Waals surface area contributed by atoms with Crippen LogP contribution in [0.15, 0.2) is 30.5 Å². The third-order valence-corrected chi connectivity index (χ3v) is 3.42. The summed E-state index contributed by atoms with van der Waals surface area (Å²) < 4.78 is 28.3. The summed E-state index contributed by atoms with van der Waals surface area (Å²) in [4.78, 5) is 11.7. The lowest BCUT2D eigenvalue weighted by Crippen LogP contribution is -2.45. The zero-order chi connectivity index (χ0) is 15.6. The molecule has 0 saturated carbocycles. The number of benzene rings is 1. The van der Waals surface area contributed by atoms with Crippen LogP contribution in [-0.4, -0.2) is 27.4 Å². The molecule has 112 valence electrons. The minimum Gasteiger partial charge on any atom is -0.481 e. The summed E-state index contributed by atoms with van der Waals surface area (Å²) in [5.74, 6) is -2.93. The molecule has 0 aliphatic heterocycles. The minimum absolute atomic E-state index is 0.0133. The fraction of sp³-hybridized carbons (Fsp3) is 0.286. The molecule has 7 heteroatoms. The molecule has 0 aliphatic rings. The van der Waals surface area contributed by atoms with Gasteiger partial charge < -0.3 is 10.8 Å². The number of rotatable bonds is 5. The number of carboxylic acid groups (broad SMARTS) is 1. The average Bonchev–Trinajstić information content (AvgIpc) is 2.79. The van der Waals surface area contributed by atoms with Crippen LogP contribution in [0, 0.1) is 11.6 Å². The number of hydrogen-bond donors (Lipinski definition) is 2. The molecule has 1 heterocycles. The molecule has 0 fully saturated rings. The number of nitrogens with zero attached hydrogens (tertiary/aromatic N) is 2. The highest BCUT2D eigenvalue weighted by molar-refractivity contribution is 5.82. The van der Waals surface area contributed by atoms with E-state index in [0.717, 1.165) is 12.1 Å². The molecule has 0 radical (unpaired) electrons. The van der Waals surface area contributed by atoms with Crippen LogP contribution < -0.4 is 5.73 Å². The summed E-state index contributed by atoms with van der Waals surface area (Å²) >= 11 is 0. The first-order valence-corrected chi connectivity index (χ1v) is 6.26. The van der Waals surface area contributed by atoms with Gasteiger partial charge in [0.2, 0.25) is 0 Å². The quantitative estimate of drug-likeness (QED) is 0.869. The summed E-state index contributed by atoms with van der Waals surface area (Å²) in [6.07, 6.45) is 1.60. The molecule has 5 nitrogen and oxygen atoms in total. The first-order chi connectivity index (χ1) is 9.87. The van der Waals surface area contributed by atoms with Crippen molar-refractivity contribution in [2.75, 3.05) is 6.54 Å². The third-order valence-electron chi connectivity index (χ3n) is 3.42. The molecule has 1 aromatic heterocycles. The van der Waals surface area contributed by atoms with E-state index in [1.165, 1.54) is 4.68 Å². The van der Waals surface area contributed by atoms with Crippen molar-refractivity contribution < 1.29 is 18.7 Å². The van der Waals surface area contributed by atoms with Crippen molar-refractivity contribution in [3.05, 3.63) is 53.4 Å². The maximum absolute atomic E-state index is 13.4. The number of aryl methyl sites for hydroxylation is 1. The summed E-state index contributed by atoms with van der Waals surface area (Å²) in [5.41, 5.74) is 4.48. The average molecular weight is 295 g/mol. The maximum Gasteiger partial charge on any atom is 0.315 e. The molecule has 2 aromatic rings. The van der Waals surface area contributed by atoms with Gasteiger partial charge in [0.25, 0.3) is 0 Å². The second-order valence-corrected chi connectivity index (χ2v) is 4.91. The Morgan fingerprint density at radius 1 is 1.38 bits per heavy atom. The molecular formula is C14H15F2N3O2. The zero-order valence-corrected chi connectivity index (χ0v) is 11.4. The number of aromatic nitrogens is 2. The Morgan fingerprint density at radius 3 is 2.43 bits per heavy atom. The molecule has 3 N–H and O–H groups in total. The van der Waals surface area contributed by atoms with Gasteiger partial charge in [0.05, 0.1) is 5.69 Å². The molecule has 0 aliphatic carbocycles. The van der Waals surface area contributed by atoms with E-state index in [9.17, 15) is 18.7 Å². The smallest absolute Gasteiger partial charge is 0.315 e. The lowest BCUT2D eigenvalue weighted by Gasteiger charge is -2.27. The largest absolute Gasteiger partial charge is 0.481 e. The van der Waals surface area contributed by atoms with E-state index in [1.54, 1.807) is 19.3 Å². The van der Waals surface area contributed by atoms with Crippen molar-refractivity contribution in [1.82, 2.24) is 9.78 Å². The van der Waals surface area contributed by atoms with Crippen LogP contribution in [0.3, 0.4) is 0 Å². The van der Waals surface area contributed by atoms with Gasteiger partial charge in [0, 0.05) is 32.3 Å². The van der Waals surface area contributed by atoms with Crippen molar-refractivity contribution in [3.8, 4) is 0 Å². The van der Waals surface area contributed by atoms with Crippen LogP contribution in [0.2, 0.25) is 0 Å². The number of hydrogen-bond acceptors (Lipinski definition) is 3. The third kappa shape index (κ3) is 2.92. The van der Waals surface area contributed by atoms with Gasteiger partial charge in [-0.2, -0.15) is 5.10 Å². The first kappa shape index (κ1) is 15.1. The molecular weight excluding hydrogens is 280 g/mol. The van der Waals surface area contributed by atoms with Crippen molar-refractivity contribution in [1.29, 1.82) is 0 Å². The number of nitrogens with two attached hydrogens (primary N) is 1. The Hall–Kier alpha value is -2.28. The Morgan fingerprint density at radius 2 is 2.00 bits per heavy atom. The van der Waals surface area contributed by atoms with E-state index in [1.807, 2.05) is 0 Å². The van der Waals surface area contributed by atoms with Gasteiger partial charge in [-0.05, 0) is 23.8 Å². The summed E-state index contributed by atoms with van der Waals surface area (Å²) in [7, 11) is 1.69. The van der Waals surface area contributed by atoms with E-state index in [2.05, 4.69) is 5.10 Å².